The average molecular weight is 414 g/mol. The van der Waals surface area contributed by atoms with E-state index in [2.05, 4.69) is 4.74 Å². The number of benzene rings is 2. The maximum Gasteiger partial charge on any atom is 0.344 e. The standard InChI is InChI=1S/C14H8Cl2F3NO4S/c1-24-14(21)10-12(18)7(17)5-9(13(10)19)20(25(22)23)8-4-2-3-6(15)11(8)16/h2-5H,1H3,(H,22,23). The molecule has 0 saturated heterocycles. The Kier molecular flexibility index (Phi) is 5.94. The first kappa shape index (κ1) is 19.5. The van der Waals surface area contributed by atoms with Gasteiger partial charge in [0.2, 0.25) is 0 Å². The lowest BCUT2D eigenvalue weighted by atomic mass is 10.1. The Balaban J connectivity index is 2.81. The molecule has 25 heavy (non-hydrogen) atoms. The number of nitrogens with zero attached hydrogens (tertiary/aromatic N) is 1. The van der Waals surface area contributed by atoms with E-state index in [-0.39, 0.29) is 15.7 Å². The summed E-state index contributed by atoms with van der Waals surface area (Å²) in [4.78, 5) is 11.5. The summed E-state index contributed by atoms with van der Waals surface area (Å²) in [5.41, 5.74) is -2.54. The van der Waals surface area contributed by atoms with Crippen molar-refractivity contribution in [3.05, 3.63) is 57.3 Å². The summed E-state index contributed by atoms with van der Waals surface area (Å²) in [5, 5.41) is -0.277. The van der Waals surface area contributed by atoms with Gasteiger partial charge in [0.15, 0.2) is 17.5 Å². The second kappa shape index (κ2) is 7.61. The Hall–Kier alpha value is -1.81. The van der Waals surface area contributed by atoms with Crippen LogP contribution < -0.4 is 4.31 Å². The van der Waals surface area contributed by atoms with Crippen LogP contribution in [0.2, 0.25) is 10.0 Å². The van der Waals surface area contributed by atoms with Gasteiger partial charge in [-0.25, -0.2) is 26.5 Å². The van der Waals surface area contributed by atoms with Crippen molar-refractivity contribution in [2.75, 3.05) is 11.4 Å². The molecular weight excluding hydrogens is 406 g/mol. The van der Waals surface area contributed by atoms with Crippen LogP contribution in [-0.2, 0) is 16.0 Å². The number of esters is 1. The van der Waals surface area contributed by atoms with Gasteiger partial charge in [0.05, 0.1) is 28.5 Å². The predicted octanol–water partition coefficient (Wildman–Crippen LogP) is 4.47. The first-order valence-electron chi connectivity index (χ1n) is 6.31. The lowest BCUT2D eigenvalue weighted by Gasteiger charge is -2.23. The molecule has 0 spiro atoms. The Morgan fingerprint density at radius 3 is 2.40 bits per heavy atom. The van der Waals surface area contributed by atoms with Crippen molar-refractivity contribution in [3.8, 4) is 0 Å². The van der Waals surface area contributed by atoms with Crippen LogP contribution in [0.3, 0.4) is 0 Å². The molecule has 0 bridgehead atoms. The number of rotatable bonds is 4. The Bertz CT molecular complexity index is 882. The van der Waals surface area contributed by atoms with Crippen molar-refractivity contribution >= 4 is 51.8 Å². The van der Waals surface area contributed by atoms with Crippen molar-refractivity contribution in [2.24, 2.45) is 0 Å². The van der Waals surface area contributed by atoms with Crippen molar-refractivity contribution in [2.45, 2.75) is 0 Å². The molecule has 0 aliphatic rings. The van der Waals surface area contributed by atoms with Crippen LogP contribution in [0.15, 0.2) is 24.3 Å². The fourth-order valence-corrected chi connectivity index (χ4v) is 3.02. The van der Waals surface area contributed by atoms with Gasteiger partial charge in [0.1, 0.15) is 5.56 Å². The van der Waals surface area contributed by atoms with Crippen LogP contribution in [0.25, 0.3) is 0 Å². The minimum absolute atomic E-state index is 0.0363. The molecule has 0 heterocycles. The Labute approximate surface area is 152 Å². The minimum atomic E-state index is -2.96. The van der Waals surface area contributed by atoms with Crippen LogP contribution >= 0.6 is 23.2 Å². The van der Waals surface area contributed by atoms with Gasteiger partial charge in [-0.05, 0) is 12.1 Å². The van der Waals surface area contributed by atoms with Crippen molar-refractivity contribution in [3.63, 3.8) is 0 Å². The molecular formula is C14H8Cl2F3NO4S. The molecule has 0 fully saturated rings. The fourth-order valence-electron chi connectivity index (χ4n) is 1.97. The Morgan fingerprint density at radius 1 is 1.20 bits per heavy atom. The fraction of sp³-hybridized carbons (Fsp3) is 0.0714. The minimum Gasteiger partial charge on any atom is -0.465 e. The number of anilines is 2. The highest BCUT2D eigenvalue weighted by atomic mass is 35.5. The molecule has 0 aliphatic heterocycles. The quantitative estimate of drug-likeness (QED) is 0.456. The topological polar surface area (TPSA) is 66.8 Å². The van der Waals surface area contributed by atoms with E-state index in [0.29, 0.717) is 10.4 Å². The molecule has 134 valence electrons. The van der Waals surface area contributed by atoms with Crippen LogP contribution in [0.5, 0.6) is 0 Å². The van der Waals surface area contributed by atoms with E-state index in [4.69, 9.17) is 23.2 Å². The first-order chi connectivity index (χ1) is 11.7. The van der Waals surface area contributed by atoms with Crippen LogP contribution in [0.1, 0.15) is 10.4 Å². The molecule has 2 aromatic carbocycles. The van der Waals surface area contributed by atoms with Gasteiger partial charge < -0.3 is 4.74 Å². The van der Waals surface area contributed by atoms with Crippen molar-refractivity contribution < 1.29 is 31.5 Å². The first-order valence-corrected chi connectivity index (χ1v) is 8.13. The van der Waals surface area contributed by atoms with Crippen LogP contribution in [0.4, 0.5) is 24.5 Å². The molecule has 0 aliphatic carbocycles. The Morgan fingerprint density at radius 2 is 1.84 bits per heavy atom. The average Bonchev–Trinajstić information content (AvgIpc) is 2.56. The number of carbonyl (C=O) groups is 1. The number of methoxy groups -OCH3 is 1. The zero-order valence-electron chi connectivity index (χ0n) is 12.2. The number of ether oxygens (including phenoxy) is 1. The normalized spacial score (nSPS) is 12.0. The smallest absolute Gasteiger partial charge is 0.344 e. The highest BCUT2D eigenvalue weighted by Gasteiger charge is 2.31. The maximum absolute atomic E-state index is 14.6. The molecule has 5 nitrogen and oxygen atoms in total. The summed E-state index contributed by atoms with van der Waals surface area (Å²) >= 11 is 8.78. The molecule has 2 aromatic rings. The second-order valence-electron chi connectivity index (χ2n) is 4.47. The zero-order valence-corrected chi connectivity index (χ0v) is 14.6. The summed E-state index contributed by atoms with van der Waals surface area (Å²) in [6, 6.07) is 4.19. The third-order valence-corrected chi connectivity index (χ3v) is 4.57. The SMILES string of the molecule is COC(=O)c1c(F)c(F)cc(N(c2cccc(Cl)c2Cl)S(=O)O)c1F. The summed E-state index contributed by atoms with van der Waals surface area (Å²) < 4.78 is 68.0. The summed E-state index contributed by atoms with van der Waals surface area (Å²) in [5.74, 6) is -6.54. The van der Waals surface area contributed by atoms with E-state index in [1.165, 1.54) is 18.2 Å². The van der Waals surface area contributed by atoms with E-state index in [9.17, 15) is 26.7 Å². The van der Waals surface area contributed by atoms with Crippen molar-refractivity contribution in [1.29, 1.82) is 0 Å². The number of carbonyl (C=O) groups excluding carboxylic acids is 1. The lowest BCUT2D eigenvalue weighted by Crippen LogP contribution is -2.23. The van der Waals surface area contributed by atoms with Gasteiger partial charge in [0, 0.05) is 6.07 Å². The third kappa shape index (κ3) is 3.59. The molecule has 2 rings (SSSR count). The van der Waals surface area contributed by atoms with E-state index in [1.807, 2.05) is 0 Å². The van der Waals surface area contributed by atoms with E-state index < -0.39 is 45.9 Å². The van der Waals surface area contributed by atoms with Crippen LogP contribution in [-0.4, -0.2) is 21.8 Å². The van der Waals surface area contributed by atoms with E-state index in [1.54, 1.807) is 0 Å². The second-order valence-corrected chi connectivity index (χ2v) is 6.08. The molecule has 1 N–H and O–H groups in total. The monoisotopic (exact) mass is 413 g/mol. The molecule has 0 saturated carbocycles. The lowest BCUT2D eigenvalue weighted by molar-refractivity contribution is 0.0588. The number of hydrogen-bond donors (Lipinski definition) is 1. The molecule has 0 aromatic heterocycles. The highest BCUT2D eigenvalue weighted by molar-refractivity contribution is 7.81. The summed E-state index contributed by atoms with van der Waals surface area (Å²) in [6.45, 7) is 0. The summed E-state index contributed by atoms with van der Waals surface area (Å²) in [6.07, 6.45) is 0. The van der Waals surface area contributed by atoms with Crippen molar-refractivity contribution in [1.82, 2.24) is 0 Å². The molecule has 0 amide bonds. The molecule has 1 unspecified atom stereocenters. The maximum atomic E-state index is 14.6. The molecule has 0 radical (unpaired) electrons. The van der Waals surface area contributed by atoms with Gasteiger partial charge in [-0.2, -0.15) is 0 Å². The van der Waals surface area contributed by atoms with Gasteiger partial charge in [-0.3, -0.25) is 4.55 Å². The number of halogens is 5. The van der Waals surface area contributed by atoms with E-state index in [0.717, 1.165) is 7.11 Å². The van der Waals surface area contributed by atoms with E-state index >= 15 is 0 Å². The number of hydrogen-bond acceptors (Lipinski definition) is 3. The van der Waals surface area contributed by atoms with Gasteiger partial charge in [0.25, 0.3) is 11.3 Å². The van der Waals surface area contributed by atoms with Gasteiger partial charge >= 0.3 is 5.97 Å². The predicted molar refractivity (Wildman–Crippen MR) is 87.0 cm³/mol. The van der Waals surface area contributed by atoms with Crippen LogP contribution in [0, 0.1) is 17.5 Å². The molecule has 1 atom stereocenters. The zero-order chi connectivity index (χ0) is 18.9. The highest BCUT2D eigenvalue weighted by Crippen LogP contribution is 2.39. The summed E-state index contributed by atoms with van der Waals surface area (Å²) in [7, 11) is 0.835. The molecule has 11 heteroatoms. The third-order valence-electron chi connectivity index (χ3n) is 3.05. The van der Waals surface area contributed by atoms with Gasteiger partial charge in [-0.15, -0.1) is 0 Å². The van der Waals surface area contributed by atoms with Gasteiger partial charge in [-0.1, -0.05) is 29.3 Å². The largest absolute Gasteiger partial charge is 0.465 e.